The number of benzene rings is 1. The van der Waals surface area contributed by atoms with E-state index < -0.39 is 5.97 Å². The number of thiophene rings is 1. The Morgan fingerprint density at radius 3 is 2.63 bits per heavy atom. The van der Waals surface area contributed by atoms with Crippen molar-refractivity contribution in [3.8, 4) is 0 Å². The molecule has 0 atom stereocenters. The second kappa shape index (κ2) is 8.56. The van der Waals surface area contributed by atoms with E-state index >= 15 is 0 Å². The number of ketones is 1. The van der Waals surface area contributed by atoms with Gasteiger partial charge in [-0.1, -0.05) is 12.1 Å². The van der Waals surface area contributed by atoms with Gasteiger partial charge in [-0.2, -0.15) is 0 Å². The Labute approximate surface area is 179 Å². The van der Waals surface area contributed by atoms with Gasteiger partial charge in [0.05, 0.1) is 0 Å². The van der Waals surface area contributed by atoms with Crippen LogP contribution in [0.15, 0.2) is 36.4 Å². The zero-order chi connectivity index (χ0) is 21.3. The van der Waals surface area contributed by atoms with Crippen LogP contribution >= 0.6 is 11.3 Å². The fourth-order valence-electron chi connectivity index (χ4n) is 4.03. The fourth-order valence-corrected chi connectivity index (χ4v) is 5.18. The normalized spacial score (nSPS) is 12.8. The van der Waals surface area contributed by atoms with E-state index in [0.29, 0.717) is 17.0 Å². The molecule has 0 fully saturated rings. The zero-order valence-corrected chi connectivity index (χ0v) is 18.0. The summed E-state index contributed by atoms with van der Waals surface area (Å²) in [6, 6.07) is 10.2. The molecule has 4 rings (SSSR count). The topological polar surface area (TPSA) is 48.3 Å². The highest BCUT2D eigenvalue weighted by Crippen LogP contribution is 2.31. The smallest absolute Gasteiger partial charge is 0.348 e. The van der Waals surface area contributed by atoms with Gasteiger partial charge in [0.15, 0.2) is 6.61 Å². The first-order valence-electron chi connectivity index (χ1n) is 10.2. The maximum Gasteiger partial charge on any atom is 0.348 e. The predicted octanol–water partition coefficient (Wildman–Crippen LogP) is 5.08. The summed E-state index contributed by atoms with van der Waals surface area (Å²) in [5.41, 5.74) is 4.68. The lowest BCUT2D eigenvalue weighted by atomic mass is 10.1. The van der Waals surface area contributed by atoms with Crippen molar-refractivity contribution in [1.29, 1.82) is 0 Å². The van der Waals surface area contributed by atoms with Crippen molar-refractivity contribution < 1.29 is 18.7 Å². The first-order chi connectivity index (χ1) is 14.4. The summed E-state index contributed by atoms with van der Waals surface area (Å²) in [5, 5.41) is 0. The lowest BCUT2D eigenvalue weighted by Crippen LogP contribution is -2.14. The number of hydrogen-bond donors (Lipinski definition) is 0. The van der Waals surface area contributed by atoms with Gasteiger partial charge in [-0.05, 0) is 74.9 Å². The first-order valence-corrected chi connectivity index (χ1v) is 11.0. The Morgan fingerprint density at radius 2 is 1.90 bits per heavy atom. The number of ether oxygens (including phenoxy) is 1. The average Bonchev–Trinajstić information content (AvgIpc) is 3.40. The number of rotatable bonds is 7. The van der Waals surface area contributed by atoms with Crippen LogP contribution < -0.4 is 0 Å². The number of nitrogens with zero attached hydrogens (tertiary/aromatic N) is 1. The van der Waals surface area contributed by atoms with E-state index in [1.165, 1.54) is 33.9 Å². The fraction of sp³-hybridized carbons (Fsp3) is 0.333. The molecular weight excluding hydrogens is 401 g/mol. The highest BCUT2D eigenvalue weighted by molar-refractivity contribution is 7.14. The average molecular weight is 426 g/mol. The van der Waals surface area contributed by atoms with Crippen LogP contribution in [0, 0.1) is 19.7 Å². The number of carbonyl (C=O) groups is 2. The van der Waals surface area contributed by atoms with Crippen molar-refractivity contribution in [2.24, 2.45) is 0 Å². The number of Topliss-reactive ketones (excluding diaryl/α,β-unsaturated/α-hetero) is 1. The summed E-state index contributed by atoms with van der Waals surface area (Å²) in [4.78, 5) is 26.9. The minimum Gasteiger partial charge on any atom is -0.453 e. The maximum atomic E-state index is 13.1. The molecule has 0 spiro atoms. The monoisotopic (exact) mass is 425 g/mol. The summed E-state index contributed by atoms with van der Waals surface area (Å²) < 4.78 is 20.4. The molecule has 0 saturated heterocycles. The van der Waals surface area contributed by atoms with Gasteiger partial charge in [-0.15, -0.1) is 11.3 Å². The largest absolute Gasteiger partial charge is 0.453 e. The van der Waals surface area contributed by atoms with Gasteiger partial charge in [0.1, 0.15) is 10.7 Å². The number of aromatic nitrogens is 1. The molecular formula is C24H24FNO3S. The molecule has 0 aliphatic heterocycles. The summed E-state index contributed by atoms with van der Waals surface area (Å²) in [6.45, 7) is 4.28. The minimum absolute atomic E-state index is 0.200. The van der Waals surface area contributed by atoms with Gasteiger partial charge < -0.3 is 9.30 Å². The van der Waals surface area contributed by atoms with Gasteiger partial charge in [-0.25, -0.2) is 9.18 Å². The van der Waals surface area contributed by atoms with Gasteiger partial charge in [0.2, 0.25) is 5.78 Å². The molecule has 0 N–H and O–H groups in total. The number of halogens is 1. The standard InChI is InChI=1S/C24H24FNO3S/c1-15-12-20(16(2)26(15)11-10-17-6-8-19(25)9-7-17)21(27)14-29-24(28)23-13-18-4-3-5-22(18)30-23/h6-9,12-13H,3-5,10-11,14H2,1-2H3. The van der Waals surface area contributed by atoms with Crippen molar-refractivity contribution in [2.75, 3.05) is 6.61 Å². The van der Waals surface area contributed by atoms with Crippen LogP contribution in [-0.4, -0.2) is 22.9 Å². The van der Waals surface area contributed by atoms with Crippen LogP contribution in [0.1, 0.15) is 53.8 Å². The number of esters is 1. The SMILES string of the molecule is Cc1cc(C(=O)COC(=O)c2cc3c(s2)CCC3)c(C)n1CCc1ccc(F)cc1. The molecule has 0 amide bonds. The van der Waals surface area contributed by atoms with Crippen LogP contribution in [0.3, 0.4) is 0 Å². The van der Waals surface area contributed by atoms with E-state index in [1.54, 1.807) is 12.1 Å². The molecule has 2 aromatic heterocycles. The Bertz CT molecular complexity index is 1070. The van der Waals surface area contributed by atoms with E-state index in [9.17, 15) is 14.0 Å². The maximum absolute atomic E-state index is 13.1. The second-order valence-corrected chi connectivity index (χ2v) is 8.86. The van der Waals surface area contributed by atoms with Crippen LogP contribution in [0.4, 0.5) is 4.39 Å². The zero-order valence-electron chi connectivity index (χ0n) is 17.2. The van der Waals surface area contributed by atoms with E-state index in [4.69, 9.17) is 4.74 Å². The van der Waals surface area contributed by atoms with Crippen molar-refractivity contribution in [2.45, 2.75) is 46.1 Å². The lowest BCUT2D eigenvalue weighted by Gasteiger charge is -2.10. The molecule has 30 heavy (non-hydrogen) atoms. The van der Waals surface area contributed by atoms with Crippen LogP contribution in [0.5, 0.6) is 0 Å². The van der Waals surface area contributed by atoms with Crippen LogP contribution in [0.2, 0.25) is 0 Å². The molecule has 2 heterocycles. The lowest BCUT2D eigenvalue weighted by molar-refractivity contribution is 0.0479. The molecule has 0 unspecified atom stereocenters. The number of carbonyl (C=O) groups excluding carboxylic acids is 2. The number of fused-ring (bicyclic) bond motifs is 1. The molecule has 1 aliphatic rings. The van der Waals surface area contributed by atoms with Gasteiger partial charge in [0.25, 0.3) is 0 Å². The number of aryl methyl sites for hydroxylation is 4. The van der Waals surface area contributed by atoms with Crippen molar-refractivity contribution in [3.05, 3.63) is 80.0 Å². The Morgan fingerprint density at radius 1 is 1.13 bits per heavy atom. The molecule has 1 aliphatic carbocycles. The van der Waals surface area contributed by atoms with Gasteiger partial charge >= 0.3 is 5.97 Å². The molecule has 0 saturated carbocycles. The Balaban J connectivity index is 1.38. The molecule has 0 radical (unpaired) electrons. The first kappa shape index (κ1) is 20.5. The summed E-state index contributed by atoms with van der Waals surface area (Å²) in [7, 11) is 0. The summed E-state index contributed by atoms with van der Waals surface area (Å²) in [5.74, 6) is -0.872. The third kappa shape index (κ3) is 4.24. The van der Waals surface area contributed by atoms with Gasteiger partial charge in [-0.3, -0.25) is 4.79 Å². The quantitative estimate of drug-likeness (QED) is 0.392. The van der Waals surface area contributed by atoms with Crippen LogP contribution in [-0.2, 0) is 30.5 Å². The third-order valence-electron chi connectivity index (χ3n) is 5.69. The summed E-state index contributed by atoms with van der Waals surface area (Å²) in [6.07, 6.45) is 3.92. The molecule has 1 aromatic carbocycles. The predicted molar refractivity (Wildman–Crippen MR) is 115 cm³/mol. The third-order valence-corrected chi connectivity index (χ3v) is 6.91. The van der Waals surface area contributed by atoms with E-state index in [0.717, 1.165) is 42.6 Å². The van der Waals surface area contributed by atoms with Crippen LogP contribution in [0.25, 0.3) is 0 Å². The Hall–Kier alpha value is -2.73. The van der Waals surface area contributed by atoms with Crippen molar-refractivity contribution in [3.63, 3.8) is 0 Å². The van der Waals surface area contributed by atoms with E-state index in [-0.39, 0.29) is 18.2 Å². The highest BCUT2D eigenvalue weighted by atomic mass is 32.1. The Kier molecular flexibility index (Phi) is 5.86. The van der Waals surface area contributed by atoms with Crippen molar-refractivity contribution in [1.82, 2.24) is 4.57 Å². The molecule has 0 bridgehead atoms. The molecule has 156 valence electrons. The molecule has 3 aromatic rings. The second-order valence-electron chi connectivity index (χ2n) is 7.72. The highest BCUT2D eigenvalue weighted by Gasteiger charge is 2.21. The molecule has 4 nitrogen and oxygen atoms in total. The van der Waals surface area contributed by atoms with E-state index in [2.05, 4.69) is 4.57 Å². The minimum atomic E-state index is -0.423. The van der Waals surface area contributed by atoms with E-state index in [1.807, 2.05) is 26.0 Å². The van der Waals surface area contributed by atoms with Crippen molar-refractivity contribution >= 4 is 23.1 Å². The van der Waals surface area contributed by atoms with Gasteiger partial charge in [0, 0.05) is 28.4 Å². The summed E-state index contributed by atoms with van der Waals surface area (Å²) >= 11 is 1.48. The molecule has 6 heteroatoms. The number of hydrogen-bond acceptors (Lipinski definition) is 4.